The lowest BCUT2D eigenvalue weighted by Gasteiger charge is -2.57. The number of thiol groups is 1. The molecule has 4 rings (SSSR count). The summed E-state index contributed by atoms with van der Waals surface area (Å²) in [6.45, 7) is 4.64. The Hall–Kier alpha value is 0.270. The van der Waals surface area contributed by atoms with Crippen molar-refractivity contribution in [2.75, 3.05) is 31.9 Å². The molecule has 0 amide bonds. The van der Waals surface area contributed by atoms with E-state index in [1.165, 1.54) is 32.2 Å². The predicted molar refractivity (Wildman–Crippen MR) is 84.8 cm³/mol. The van der Waals surface area contributed by atoms with Gasteiger partial charge in [-0.2, -0.15) is 12.6 Å². The molecule has 0 unspecified atom stereocenters. The standard InChI is InChI=1S/C16H30N2S/c19-5-1-2-17-3-4-18-12-16-9-13-6-14(10-16)8-15(7-13)11-16/h13-15,17-19H,1-12H2. The van der Waals surface area contributed by atoms with Crippen molar-refractivity contribution >= 4 is 12.6 Å². The molecular formula is C16H30N2S. The smallest absolute Gasteiger partial charge is 0.00769 e. The van der Waals surface area contributed by atoms with Crippen molar-refractivity contribution in [3.05, 3.63) is 0 Å². The Morgan fingerprint density at radius 2 is 1.42 bits per heavy atom. The quantitative estimate of drug-likeness (QED) is 0.471. The van der Waals surface area contributed by atoms with Gasteiger partial charge in [-0.1, -0.05) is 0 Å². The molecule has 2 nitrogen and oxygen atoms in total. The van der Waals surface area contributed by atoms with Gasteiger partial charge in [0, 0.05) is 19.6 Å². The Kier molecular flexibility index (Phi) is 4.76. The summed E-state index contributed by atoms with van der Waals surface area (Å²) in [5, 5.41) is 7.22. The molecule has 0 aromatic carbocycles. The van der Waals surface area contributed by atoms with E-state index in [-0.39, 0.29) is 0 Å². The van der Waals surface area contributed by atoms with Crippen LogP contribution in [-0.4, -0.2) is 31.9 Å². The normalized spacial score (nSPS) is 39.9. The summed E-state index contributed by atoms with van der Waals surface area (Å²) in [7, 11) is 0. The van der Waals surface area contributed by atoms with E-state index in [4.69, 9.17) is 0 Å². The molecule has 4 aliphatic carbocycles. The summed E-state index contributed by atoms with van der Waals surface area (Å²) < 4.78 is 0. The van der Waals surface area contributed by atoms with Crippen molar-refractivity contribution in [2.24, 2.45) is 23.2 Å². The van der Waals surface area contributed by atoms with Crippen LogP contribution in [0.3, 0.4) is 0 Å². The fourth-order valence-electron chi connectivity index (χ4n) is 5.37. The lowest BCUT2D eigenvalue weighted by atomic mass is 9.49. The van der Waals surface area contributed by atoms with Gasteiger partial charge in [0.05, 0.1) is 0 Å². The monoisotopic (exact) mass is 282 g/mol. The van der Waals surface area contributed by atoms with Crippen molar-refractivity contribution in [1.29, 1.82) is 0 Å². The summed E-state index contributed by atoms with van der Waals surface area (Å²) in [4.78, 5) is 0. The van der Waals surface area contributed by atoms with Crippen molar-refractivity contribution < 1.29 is 0 Å². The molecule has 3 heteroatoms. The highest BCUT2D eigenvalue weighted by Crippen LogP contribution is 2.59. The topological polar surface area (TPSA) is 24.1 Å². The molecule has 110 valence electrons. The highest BCUT2D eigenvalue weighted by molar-refractivity contribution is 7.80. The lowest BCUT2D eigenvalue weighted by molar-refractivity contribution is -0.0511. The van der Waals surface area contributed by atoms with E-state index in [9.17, 15) is 0 Å². The molecule has 0 aliphatic heterocycles. The summed E-state index contributed by atoms with van der Waals surface area (Å²) in [6.07, 6.45) is 10.4. The molecule has 4 bridgehead atoms. The second kappa shape index (κ2) is 6.36. The molecule has 0 saturated heterocycles. The van der Waals surface area contributed by atoms with Gasteiger partial charge in [0.15, 0.2) is 0 Å². The highest BCUT2D eigenvalue weighted by atomic mass is 32.1. The molecule has 19 heavy (non-hydrogen) atoms. The number of hydrogen-bond donors (Lipinski definition) is 3. The second-order valence-electron chi connectivity index (χ2n) is 7.42. The Morgan fingerprint density at radius 3 is 2.00 bits per heavy atom. The van der Waals surface area contributed by atoms with E-state index >= 15 is 0 Å². The molecule has 0 aromatic rings. The van der Waals surface area contributed by atoms with Crippen molar-refractivity contribution in [3.8, 4) is 0 Å². The first kappa shape index (κ1) is 14.2. The lowest BCUT2D eigenvalue weighted by Crippen LogP contribution is -2.50. The van der Waals surface area contributed by atoms with Gasteiger partial charge in [-0.25, -0.2) is 0 Å². The summed E-state index contributed by atoms with van der Waals surface area (Å²) in [6, 6.07) is 0. The molecule has 4 fully saturated rings. The summed E-state index contributed by atoms with van der Waals surface area (Å²) in [5.74, 6) is 4.25. The van der Waals surface area contributed by atoms with E-state index in [0.717, 1.165) is 43.1 Å². The third-order valence-electron chi connectivity index (χ3n) is 5.66. The van der Waals surface area contributed by atoms with Crippen LogP contribution in [0.15, 0.2) is 0 Å². The van der Waals surface area contributed by atoms with Crippen LogP contribution in [0.5, 0.6) is 0 Å². The van der Waals surface area contributed by atoms with Crippen LogP contribution in [0.25, 0.3) is 0 Å². The zero-order chi connectivity index (χ0) is 13.1. The van der Waals surface area contributed by atoms with Crippen molar-refractivity contribution in [2.45, 2.75) is 44.9 Å². The first-order valence-electron chi connectivity index (χ1n) is 8.32. The average molecular weight is 282 g/mol. The van der Waals surface area contributed by atoms with Crippen LogP contribution in [0.1, 0.15) is 44.9 Å². The summed E-state index contributed by atoms with van der Waals surface area (Å²) >= 11 is 4.23. The molecule has 0 aromatic heterocycles. The Bertz CT molecular complexity index is 257. The Labute approximate surface area is 123 Å². The molecule has 0 spiro atoms. The van der Waals surface area contributed by atoms with Crippen LogP contribution < -0.4 is 10.6 Å². The van der Waals surface area contributed by atoms with Crippen LogP contribution in [-0.2, 0) is 0 Å². The van der Waals surface area contributed by atoms with Gasteiger partial charge >= 0.3 is 0 Å². The molecule has 4 aliphatic rings. The first-order chi connectivity index (χ1) is 9.30. The van der Waals surface area contributed by atoms with Gasteiger partial charge in [-0.15, -0.1) is 0 Å². The Morgan fingerprint density at radius 1 is 0.842 bits per heavy atom. The van der Waals surface area contributed by atoms with Crippen molar-refractivity contribution in [3.63, 3.8) is 0 Å². The third kappa shape index (κ3) is 3.48. The zero-order valence-electron chi connectivity index (χ0n) is 12.2. The SMILES string of the molecule is SCCCNCCNCC12CC3CC(CC(C3)C1)C2. The van der Waals surface area contributed by atoms with Gasteiger partial charge in [-0.05, 0) is 80.4 Å². The van der Waals surface area contributed by atoms with Crippen LogP contribution in [0.4, 0.5) is 0 Å². The fourth-order valence-corrected chi connectivity index (χ4v) is 5.52. The molecule has 4 saturated carbocycles. The molecule has 0 radical (unpaired) electrons. The Balaban J connectivity index is 1.36. The van der Waals surface area contributed by atoms with E-state index < -0.39 is 0 Å². The molecule has 0 heterocycles. The van der Waals surface area contributed by atoms with E-state index in [0.29, 0.717) is 5.41 Å². The van der Waals surface area contributed by atoms with Crippen LogP contribution in [0, 0.1) is 23.2 Å². The maximum atomic E-state index is 4.23. The number of rotatable bonds is 8. The zero-order valence-corrected chi connectivity index (χ0v) is 13.1. The van der Waals surface area contributed by atoms with Crippen LogP contribution in [0.2, 0.25) is 0 Å². The highest BCUT2D eigenvalue weighted by Gasteiger charge is 2.50. The van der Waals surface area contributed by atoms with E-state index in [1.54, 1.807) is 19.3 Å². The predicted octanol–water partition coefficient (Wildman–Crippen LogP) is 2.70. The largest absolute Gasteiger partial charge is 0.315 e. The van der Waals surface area contributed by atoms with Gasteiger partial charge in [-0.3, -0.25) is 0 Å². The molecule has 2 N–H and O–H groups in total. The van der Waals surface area contributed by atoms with Crippen molar-refractivity contribution in [1.82, 2.24) is 10.6 Å². The van der Waals surface area contributed by atoms with E-state index in [2.05, 4.69) is 23.3 Å². The average Bonchev–Trinajstić information content (AvgIpc) is 2.36. The van der Waals surface area contributed by atoms with Gasteiger partial charge in [0.25, 0.3) is 0 Å². The summed E-state index contributed by atoms with van der Waals surface area (Å²) in [5.41, 5.74) is 0.694. The number of hydrogen-bond acceptors (Lipinski definition) is 3. The van der Waals surface area contributed by atoms with Gasteiger partial charge < -0.3 is 10.6 Å². The minimum absolute atomic E-state index is 0.694. The van der Waals surface area contributed by atoms with Gasteiger partial charge in [0.1, 0.15) is 0 Å². The fraction of sp³-hybridized carbons (Fsp3) is 1.00. The third-order valence-corrected chi connectivity index (χ3v) is 5.97. The minimum atomic E-state index is 0.694. The minimum Gasteiger partial charge on any atom is -0.315 e. The van der Waals surface area contributed by atoms with Crippen LogP contribution >= 0.6 is 12.6 Å². The first-order valence-corrected chi connectivity index (χ1v) is 8.95. The second-order valence-corrected chi connectivity index (χ2v) is 7.87. The maximum absolute atomic E-state index is 4.23. The van der Waals surface area contributed by atoms with E-state index in [1.807, 2.05) is 0 Å². The molecular weight excluding hydrogens is 252 g/mol. The number of nitrogens with one attached hydrogen (secondary N) is 2. The van der Waals surface area contributed by atoms with Gasteiger partial charge in [0.2, 0.25) is 0 Å². The molecule has 0 atom stereocenters. The maximum Gasteiger partial charge on any atom is 0.00769 e.